The first kappa shape index (κ1) is 21.4. The molecular weight excluding hydrogens is 411 g/mol. The third kappa shape index (κ3) is 6.97. The normalized spacial score (nSPS) is 14.1. The zero-order chi connectivity index (χ0) is 19.8. The minimum absolute atomic E-state index is 0.0241. The van der Waals surface area contributed by atoms with E-state index in [1.165, 1.54) is 18.2 Å². The highest BCUT2D eigenvalue weighted by atomic mass is 35.5. The number of amides is 3. The van der Waals surface area contributed by atoms with Crippen molar-refractivity contribution in [2.24, 2.45) is 5.92 Å². The highest BCUT2D eigenvalue weighted by molar-refractivity contribution is 7.80. The predicted octanol–water partition coefficient (Wildman–Crippen LogP) is 2.33. The fourth-order valence-corrected chi connectivity index (χ4v) is 3.36. The average molecular weight is 431 g/mol. The summed E-state index contributed by atoms with van der Waals surface area (Å²) >= 11 is 16.7. The van der Waals surface area contributed by atoms with Crippen LogP contribution in [-0.2, 0) is 9.59 Å². The summed E-state index contributed by atoms with van der Waals surface area (Å²) in [5, 5.41) is 5.45. The van der Waals surface area contributed by atoms with Crippen LogP contribution in [0.2, 0.25) is 10.0 Å². The van der Waals surface area contributed by atoms with Crippen LogP contribution in [-0.4, -0.2) is 29.4 Å². The number of carbonyl (C=O) groups is 3. The molecule has 0 atom stereocenters. The van der Waals surface area contributed by atoms with Crippen molar-refractivity contribution in [1.29, 1.82) is 0 Å². The van der Waals surface area contributed by atoms with E-state index in [2.05, 4.69) is 21.5 Å². The molecule has 0 radical (unpaired) electrons. The number of thiocarbonyl (C=S) groups is 1. The summed E-state index contributed by atoms with van der Waals surface area (Å²) in [7, 11) is 0. The Morgan fingerprint density at radius 3 is 2.44 bits per heavy atom. The molecule has 0 aliphatic heterocycles. The number of rotatable bonds is 4. The molecule has 4 N–H and O–H groups in total. The van der Waals surface area contributed by atoms with Gasteiger partial charge in [0.25, 0.3) is 11.8 Å². The monoisotopic (exact) mass is 430 g/mol. The minimum atomic E-state index is -0.547. The van der Waals surface area contributed by atoms with Crippen molar-refractivity contribution >= 4 is 58.3 Å². The topological polar surface area (TPSA) is 99.3 Å². The Balaban J connectivity index is 1.70. The molecule has 0 aromatic heterocycles. The van der Waals surface area contributed by atoms with Crippen molar-refractivity contribution in [1.82, 2.24) is 21.5 Å². The molecule has 0 saturated heterocycles. The maximum Gasteiger partial charge on any atom is 0.258 e. The van der Waals surface area contributed by atoms with E-state index < -0.39 is 11.8 Å². The Morgan fingerprint density at radius 1 is 1.07 bits per heavy atom. The van der Waals surface area contributed by atoms with Crippen LogP contribution in [0.3, 0.4) is 0 Å². The smallest absolute Gasteiger partial charge is 0.258 e. The maximum atomic E-state index is 12.1. The number of hydrogen-bond donors (Lipinski definition) is 4. The molecule has 0 bridgehead atoms. The van der Waals surface area contributed by atoms with Gasteiger partial charge in [-0.2, -0.15) is 0 Å². The van der Waals surface area contributed by atoms with E-state index in [1.54, 1.807) is 0 Å². The van der Waals surface area contributed by atoms with Gasteiger partial charge in [0.05, 0.1) is 17.1 Å². The quantitative estimate of drug-likeness (QED) is 0.433. The van der Waals surface area contributed by atoms with E-state index in [0.29, 0.717) is 5.02 Å². The Labute approximate surface area is 172 Å². The van der Waals surface area contributed by atoms with Crippen molar-refractivity contribution in [3.05, 3.63) is 33.8 Å². The molecule has 27 heavy (non-hydrogen) atoms. The van der Waals surface area contributed by atoms with Gasteiger partial charge in [-0.25, -0.2) is 0 Å². The summed E-state index contributed by atoms with van der Waals surface area (Å²) in [5.41, 5.74) is 4.90. The maximum absolute atomic E-state index is 12.1. The van der Waals surface area contributed by atoms with Crippen LogP contribution in [0.4, 0.5) is 0 Å². The zero-order valence-corrected chi connectivity index (χ0v) is 16.8. The molecule has 1 aliphatic carbocycles. The lowest BCUT2D eigenvalue weighted by Gasteiger charge is -2.20. The number of hydrogen-bond acceptors (Lipinski definition) is 4. The van der Waals surface area contributed by atoms with Gasteiger partial charge in [-0.15, -0.1) is 0 Å². The van der Waals surface area contributed by atoms with Crippen LogP contribution < -0.4 is 21.5 Å². The van der Waals surface area contributed by atoms with Gasteiger partial charge >= 0.3 is 0 Å². The molecule has 0 spiro atoms. The summed E-state index contributed by atoms with van der Waals surface area (Å²) in [5.74, 6) is -1.17. The van der Waals surface area contributed by atoms with Crippen LogP contribution in [0.1, 0.15) is 42.5 Å². The Kier molecular flexibility index (Phi) is 8.27. The summed E-state index contributed by atoms with van der Waals surface area (Å²) in [6, 6.07) is 4.42. The summed E-state index contributed by atoms with van der Waals surface area (Å²) < 4.78 is 0. The Bertz CT molecular complexity index is 739. The number of benzene rings is 1. The molecule has 0 unspecified atom stereocenters. The van der Waals surface area contributed by atoms with E-state index in [-0.39, 0.29) is 34.1 Å². The van der Waals surface area contributed by atoms with Crippen molar-refractivity contribution in [2.75, 3.05) is 6.54 Å². The Hall–Kier alpha value is -1.90. The summed E-state index contributed by atoms with van der Waals surface area (Å²) in [6.45, 7) is -0.179. The molecular formula is C17H20Cl2N4O3S. The van der Waals surface area contributed by atoms with E-state index in [4.69, 9.17) is 35.4 Å². The fraction of sp³-hybridized carbons (Fsp3) is 0.412. The van der Waals surface area contributed by atoms with Crippen LogP contribution >= 0.6 is 35.4 Å². The summed E-state index contributed by atoms with van der Waals surface area (Å²) in [6.07, 6.45) is 4.94. The zero-order valence-electron chi connectivity index (χ0n) is 14.4. The first-order valence-corrected chi connectivity index (χ1v) is 9.66. The molecule has 1 fully saturated rings. The first-order chi connectivity index (χ1) is 12.9. The molecule has 1 saturated carbocycles. The van der Waals surface area contributed by atoms with Gasteiger partial charge in [-0.1, -0.05) is 42.5 Å². The molecule has 146 valence electrons. The molecule has 1 aromatic rings. The highest BCUT2D eigenvalue weighted by Crippen LogP contribution is 2.23. The largest absolute Gasteiger partial charge is 0.347 e. The molecule has 7 nitrogen and oxygen atoms in total. The molecule has 1 aromatic carbocycles. The standard InChI is InChI=1S/C17H20Cl2N4O3S/c18-11-6-7-12(13(19)8-11)16(26)21-17(27)23-22-14(24)9-20-15(25)10-4-2-1-3-5-10/h6-8,10H,1-5,9H2,(H,20,25)(H,22,24)(H2,21,23,26,27). The van der Waals surface area contributed by atoms with Crippen LogP contribution in [0.15, 0.2) is 18.2 Å². The Morgan fingerprint density at radius 2 is 1.78 bits per heavy atom. The van der Waals surface area contributed by atoms with Crippen LogP contribution in [0, 0.1) is 5.92 Å². The SMILES string of the molecule is O=C(CNC(=O)C1CCCCC1)NNC(=S)NC(=O)c1ccc(Cl)cc1Cl. The van der Waals surface area contributed by atoms with E-state index in [9.17, 15) is 14.4 Å². The second-order valence-electron chi connectivity index (χ2n) is 6.13. The van der Waals surface area contributed by atoms with Gasteiger partial charge < -0.3 is 5.32 Å². The van der Waals surface area contributed by atoms with Gasteiger partial charge in [0.2, 0.25) is 5.91 Å². The highest BCUT2D eigenvalue weighted by Gasteiger charge is 2.21. The lowest BCUT2D eigenvalue weighted by Crippen LogP contribution is -2.51. The minimum Gasteiger partial charge on any atom is -0.347 e. The number of nitrogens with one attached hydrogen (secondary N) is 4. The molecule has 1 aliphatic rings. The fourth-order valence-electron chi connectivity index (χ4n) is 2.72. The molecule has 3 amide bonds. The van der Waals surface area contributed by atoms with Gasteiger partial charge in [0, 0.05) is 10.9 Å². The lowest BCUT2D eigenvalue weighted by atomic mass is 9.89. The number of hydrazine groups is 1. The van der Waals surface area contributed by atoms with Gasteiger partial charge in [0.15, 0.2) is 5.11 Å². The molecule has 2 rings (SSSR count). The van der Waals surface area contributed by atoms with Crippen LogP contribution in [0.5, 0.6) is 0 Å². The van der Waals surface area contributed by atoms with E-state index >= 15 is 0 Å². The van der Waals surface area contributed by atoms with Crippen molar-refractivity contribution in [2.45, 2.75) is 32.1 Å². The van der Waals surface area contributed by atoms with E-state index in [1.807, 2.05) is 0 Å². The molecule has 10 heteroatoms. The van der Waals surface area contributed by atoms with Crippen molar-refractivity contribution in [3.63, 3.8) is 0 Å². The third-order valence-electron chi connectivity index (χ3n) is 4.12. The number of halogens is 2. The third-order valence-corrected chi connectivity index (χ3v) is 4.87. The van der Waals surface area contributed by atoms with Crippen molar-refractivity contribution in [3.8, 4) is 0 Å². The average Bonchev–Trinajstić information content (AvgIpc) is 2.65. The van der Waals surface area contributed by atoms with E-state index in [0.717, 1.165) is 32.1 Å². The first-order valence-electron chi connectivity index (χ1n) is 8.49. The van der Waals surface area contributed by atoms with Gasteiger partial charge in [-0.05, 0) is 43.3 Å². The van der Waals surface area contributed by atoms with Crippen molar-refractivity contribution < 1.29 is 14.4 Å². The second-order valence-corrected chi connectivity index (χ2v) is 7.39. The lowest BCUT2D eigenvalue weighted by molar-refractivity contribution is -0.129. The van der Waals surface area contributed by atoms with Gasteiger partial charge in [-0.3, -0.25) is 30.6 Å². The molecule has 0 heterocycles. The predicted molar refractivity (Wildman–Crippen MR) is 107 cm³/mol. The second kappa shape index (κ2) is 10.4. The number of carbonyl (C=O) groups excluding carboxylic acids is 3. The summed E-state index contributed by atoms with van der Waals surface area (Å²) in [4.78, 5) is 35.9. The van der Waals surface area contributed by atoms with Crippen LogP contribution in [0.25, 0.3) is 0 Å². The van der Waals surface area contributed by atoms with Gasteiger partial charge in [0.1, 0.15) is 0 Å².